The molecule has 0 radical (unpaired) electrons. The van der Waals surface area contributed by atoms with Crippen molar-refractivity contribution in [1.29, 1.82) is 0 Å². The highest BCUT2D eigenvalue weighted by atomic mass is 16.3. The van der Waals surface area contributed by atoms with Crippen molar-refractivity contribution in [3.8, 4) is 0 Å². The van der Waals surface area contributed by atoms with Gasteiger partial charge in [-0.3, -0.25) is 0 Å². The number of aliphatic hydroxyl groups excluding tert-OH is 1. The molecule has 1 fully saturated rings. The molecule has 1 aliphatic heterocycles. The van der Waals surface area contributed by atoms with Gasteiger partial charge in [0.15, 0.2) is 11.6 Å². The monoisotopic (exact) mass is 580 g/mol. The summed E-state index contributed by atoms with van der Waals surface area (Å²) in [6, 6.07) is 19.8. The van der Waals surface area contributed by atoms with Crippen molar-refractivity contribution in [2.75, 3.05) is 22.9 Å². The van der Waals surface area contributed by atoms with Crippen LogP contribution in [0.4, 0.5) is 11.4 Å². The molecule has 43 heavy (non-hydrogen) atoms. The second-order valence-corrected chi connectivity index (χ2v) is 14.4. The third-order valence-corrected chi connectivity index (χ3v) is 9.06. The van der Waals surface area contributed by atoms with Gasteiger partial charge >= 0.3 is 0 Å². The molecule has 3 aromatic rings. The highest BCUT2D eigenvalue weighted by Gasteiger charge is 2.37. The van der Waals surface area contributed by atoms with E-state index in [-0.39, 0.29) is 0 Å². The van der Waals surface area contributed by atoms with E-state index in [9.17, 15) is 5.11 Å². The Bertz CT molecular complexity index is 1300. The van der Waals surface area contributed by atoms with Crippen LogP contribution in [-0.2, 0) is 0 Å². The molecule has 1 N–H and O–H groups in total. The minimum Gasteiger partial charge on any atom is -0.504 e. The van der Waals surface area contributed by atoms with Gasteiger partial charge in [0.05, 0.1) is 0 Å². The summed E-state index contributed by atoms with van der Waals surface area (Å²) in [7, 11) is 0. The van der Waals surface area contributed by atoms with Crippen LogP contribution in [0.3, 0.4) is 0 Å². The standard InChI is InChI=1S/C40H56N2O/c1-24(2)31-20-33(26(5)6)37(34(21-31)27(7)8)41-18-19-42(40(41)39(43)30-16-14-13-15-17-30)38-35(28(9)10)22-32(25(3)4)23-36(38)29(11)12/h13-17,20-29,43H,18-19H2,1-12H3. The van der Waals surface area contributed by atoms with Gasteiger partial charge in [-0.25, -0.2) is 0 Å². The van der Waals surface area contributed by atoms with Crippen LogP contribution in [-0.4, -0.2) is 18.2 Å². The third-order valence-electron chi connectivity index (χ3n) is 9.06. The SMILES string of the molecule is CC(C)c1cc(C(C)C)c(N2CCN(c3c(C(C)C)cc(C(C)C)cc3C(C)C)C2=C(O)c2ccccc2)c(C(C)C)c1. The number of aliphatic hydroxyl groups is 1. The molecule has 4 rings (SSSR count). The number of hydrogen-bond donors (Lipinski definition) is 1. The predicted octanol–water partition coefficient (Wildman–Crippen LogP) is 11.6. The molecule has 1 aliphatic rings. The summed E-state index contributed by atoms with van der Waals surface area (Å²) in [5.41, 5.74) is 11.6. The lowest BCUT2D eigenvalue weighted by Crippen LogP contribution is -2.28. The molecule has 0 atom stereocenters. The number of hydrogen-bond acceptors (Lipinski definition) is 3. The van der Waals surface area contributed by atoms with Crippen LogP contribution < -0.4 is 9.80 Å². The molecule has 0 amide bonds. The topological polar surface area (TPSA) is 26.7 Å². The van der Waals surface area contributed by atoms with Crippen molar-refractivity contribution in [2.24, 2.45) is 0 Å². The van der Waals surface area contributed by atoms with Crippen molar-refractivity contribution in [3.05, 3.63) is 99.4 Å². The Hall–Kier alpha value is -3.20. The van der Waals surface area contributed by atoms with Crippen molar-refractivity contribution in [2.45, 2.75) is 119 Å². The first-order valence-electron chi connectivity index (χ1n) is 16.6. The molecule has 1 saturated heterocycles. The summed E-state index contributed by atoms with van der Waals surface area (Å²) in [6.45, 7) is 29.2. The average molecular weight is 581 g/mol. The van der Waals surface area contributed by atoms with E-state index in [0.717, 1.165) is 24.5 Å². The van der Waals surface area contributed by atoms with E-state index in [0.29, 0.717) is 41.3 Å². The van der Waals surface area contributed by atoms with E-state index in [1.165, 1.54) is 44.8 Å². The molecule has 3 heteroatoms. The molecule has 3 aromatic carbocycles. The fourth-order valence-electron chi connectivity index (χ4n) is 6.43. The number of rotatable bonds is 9. The average Bonchev–Trinajstić information content (AvgIpc) is 3.39. The van der Waals surface area contributed by atoms with Gasteiger partial charge in [-0.15, -0.1) is 0 Å². The summed E-state index contributed by atoms with van der Waals surface area (Å²) in [5.74, 6) is 3.54. The van der Waals surface area contributed by atoms with Crippen LogP contribution in [0.2, 0.25) is 0 Å². The number of anilines is 2. The Morgan fingerprint density at radius 2 is 0.837 bits per heavy atom. The Balaban J connectivity index is 2.09. The molecular weight excluding hydrogens is 524 g/mol. The van der Waals surface area contributed by atoms with Crippen LogP contribution >= 0.6 is 0 Å². The first kappa shape index (κ1) is 32.7. The highest BCUT2D eigenvalue weighted by Crippen LogP contribution is 2.47. The molecule has 0 spiro atoms. The quantitative estimate of drug-likeness (QED) is 0.255. The molecule has 0 unspecified atom stereocenters. The maximum absolute atomic E-state index is 12.3. The van der Waals surface area contributed by atoms with Gasteiger partial charge in [-0.05, 0) is 68.9 Å². The van der Waals surface area contributed by atoms with Gasteiger partial charge < -0.3 is 14.9 Å². The van der Waals surface area contributed by atoms with E-state index >= 15 is 0 Å². The Kier molecular flexibility index (Phi) is 10.0. The van der Waals surface area contributed by atoms with Gasteiger partial charge in [-0.2, -0.15) is 0 Å². The number of nitrogens with zero attached hydrogens (tertiary/aromatic N) is 2. The normalized spacial score (nSPS) is 14.1. The van der Waals surface area contributed by atoms with E-state index in [1.54, 1.807) is 0 Å². The summed E-state index contributed by atoms with van der Waals surface area (Å²) < 4.78 is 0. The molecule has 0 aromatic heterocycles. The highest BCUT2D eigenvalue weighted by molar-refractivity contribution is 5.81. The van der Waals surface area contributed by atoms with E-state index in [1.807, 2.05) is 30.3 Å². The Morgan fingerprint density at radius 1 is 0.512 bits per heavy atom. The molecule has 232 valence electrons. The summed E-state index contributed by atoms with van der Waals surface area (Å²) in [5, 5.41) is 12.3. The second-order valence-electron chi connectivity index (χ2n) is 14.4. The zero-order valence-electron chi connectivity index (χ0n) is 28.9. The molecule has 3 nitrogen and oxygen atoms in total. The van der Waals surface area contributed by atoms with Gasteiger partial charge in [0.25, 0.3) is 0 Å². The van der Waals surface area contributed by atoms with Crippen molar-refractivity contribution in [3.63, 3.8) is 0 Å². The second kappa shape index (κ2) is 13.2. The molecular formula is C40H56N2O. The lowest BCUT2D eigenvalue weighted by Gasteiger charge is -2.34. The fourth-order valence-corrected chi connectivity index (χ4v) is 6.43. The first-order valence-corrected chi connectivity index (χ1v) is 16.6. The van der Waals surface area contributed by atoms with Gasteiger partial charge in [0, 0.05) is 30.0 Å². The minimum atomic E-state index is 0.341. The van der Waals surface area contributed by atoms with Gasteiger partial charge in [0.1, 0.15) is 0 Å². The summed E-state index contributed by atoms with van der Waals surface area (Å²) in [6.07, 6.45) is 0. The van der Waals surface area contributed by atoms with Crippen molar-refractivity contribution < 1.29 is 5.11 Å². The van der Waals surface area contributed by atoms with Gasteiger partial charge in [0.2, 0.25) is 0 Å². The lowest BCUT2D eigenvalue weighted by molar-refractivity contribution is 0.504. The molecule has 0 bridgehead atoms. The maximum Gasteiger partial charge on any atom is 0.164 e. The van der Waals surface area contributed by atoms with E-state index < -0.39 is 0 Å². The lowest BCUT2D eigenvalue weighted by atomic mass is 9.86. The molecule has 1 heterocycles. The van der Waals surface area contributed by atoms with Crippen LogP contribution in [0.25, 0.3) is 5.76 Å². The van der Waals surface area contributed by atoms with Crippen LogP contribution in [0.5, 0.6) is 0 Å². The minimum absolute atomic E-state index is 0.341. The predicted molar refractivity (Wildman–Crippen MR) is 188 cm³/mol. The van der Waals surface area contributed by atoms with Crippen molar-refractivity contribution >= 4 is 17.1 Å². The fraction of sp³-hybridized carbons (Fsp3) is 0.500. The van der Waals surface area contributed by atoms with E-state index in [2.05, 4.69) is 117 Å². The largest absolute Gasteiger partial charge is 0.504 e. The third kappa shape index (κ3) is 6.52. The summed E-state index contributed by atoms with van der Waals surface area (Å²) in [4.78, 5) is 4.89. The Labute approximate surface area is 262 Å². The molecule has 0 saturated carbocycles. The summed E-state index contributed by atoms with van der Waals surface area (Å²) >= 11 is 0. The smallest absolute Gasteiger partial charge is 0.164 e. The zero-order chi connectivity index (χ0) is 31.7. The zero-order valence-corrected chi connectivity index (χ0v) is 28.9. The van der Waals surface area contributed by atoms with Crippen LogP contribution in [0.15, 0.2) is 60.4 Å². The van der Waals surface area contributed by atoms with E-state index in [4.69, 9.17) is 0 Å². The number of benzene rings is 3. The first-order chi connectivity index (χ1) is 20.2. The van der Waals surface area contributed by atoms with Gasteiger partial charge in [-0.1, -0.05) is 138 Å². The Morgan fingerprint density at radius 3 is 1.12 bits per heavy atom. The van der Waals surface area contributed by atoms with Crippen LogP contribution in [0, 0.1) is 0 Å². The van der Waals surface area contributed by atoms with Crippen LogP contribution in [0.1, 0.15) is 158 Å². The molecule has 0 aliphatic carbocycles. The van der Waals surface area contributed by atoms with Crippen molar-refractivity contribution in [1.82, 2.24) is 0 Å². The maximum atomic E-state index is 12.3.